The predicted molar refractivity (Wildman–Crippen MR) is 99.5 cm³/mol. The molecule has 3 aromatic heterocycles. The van der Waals surface area contributed by atoms with Gasteiger partial charge in [0.05, 0.1) is 25.5 Å². The number of aromatic nitrogens is 4. The van der Waals surface area contributed by atoms with Gasteiger partial charge in [-0.2, -0.15) is 15.5 Å². The summed E-state index contributed by atoms with van der Waals surface area (Å²) in [4.78, 5) is 2.50. The molecule has 0 amide bonds. The first-order valence-electron chi connectivity index (χ1n) is 9.18. The van der Waals surface area contributed by atoms with Crippen LogP contribution in [0.15, 0.2) is 30.9 Å². The fraction of sp³-hybridized carbons (Fsp3) is 0.421. The number of pyridine rings is 1. The Labute approximate surface area is 156 Å². The Bertz CT molecular complexity index is 1020. The third kappa shape index (κ3) is 2.76. The van der Waals surface area contributed by atoms with Gasteiger partial charge in [-0.05, 0) is 12.0 Å². The van der Waals surface area contributed by atoms with E-state index >= 15 is 0 Å². The number of fused-ring (bicyclic) bond motifs is 1. The molecule has 138 valence electrons. The lowest BCUT2D eigenvalue weighted by Crippen LogP contribution is -2.55. The highest BCUT2D eigenvalue weighted by Gasteiger charge is 2.31. The Morgan fingerprint density at radius 3 is 2.78 bits per heavy atom. The average molecular weight is 363 g/mol. The van der Waals surface area contributed by atoms with Gasteiger partial charge in [0, 0.05) is 56.2 Å². The minimum Gasteiger partial charge on any atom is -0.494 e. The van der Waals surface area contributed by atoms with Gasteiger partial charge in [0.2, 0.25) is 0 Å². The summed E-state index contributed by atoms with van der Waals surface area (Å²) in [6, 6.07) is 4.53. The third-order valence-electron chi connectivity index (χ3n) is 5.55. The van der Waals surface area contributed by atoms with E-state index in [1.807, 2.05) is 18.5 Å². The zero-order valence-electron chi connectivity index (χ0n) is 15.2. The van der Waals surface area contributed by atoms with Crippen LogP contribution < -0.4 is 10.1 Å². The third-order valence-corrected chi connectivity index (χ3v) is 5.55. The van der Waals surface area contributed by atoms with E-state index in [0.717, 1.165) is 43.2 Å². The largest absolute Gasteiger partial charge is 0.494 e. The van der Waals surface area contributed by atoms with E-state index in [1.165, 1.54) is 6.54 Å². The van der Waals surface area contributed by atoms with Crippen molar-refractivity contribution in [2.24, 2.45) is 5.92 Å². The second kappa shape index (κ2) is 6.37. The molecule has 2 saturated heterocycles. The maximum atomic E-state index is 9.24. The highest BCUT2D eigenvalue weighted by Crippen LogP contribution is 2.31. The summed E-state index contributed by atoms with van der Waals surface area (Å²) in [6.07, 6.45) is 7.44. The topological polar surface area (TPSA) is 83.4 Å². The number of nitrogens with one attached hydrogen (secondary N) is 1. The molecule has 0 unspecified atom stereocenters. The van der Waals surface area contributed by atoms with Gasteiger partial charge in [0.1, 0.15) is 22.9 Å². The van der Waals surface area contributed by atoms with E-state index in [-0.39, 0.29) is 0 Å². The molecule has 0 bridgehead atoms. The zero-order chi connectivity index (χ0) is 18.4. The molecule has 3 aromatic rings. The molecule has 0 spiro atoms. The van der Waals surface area contributed by atoms with E-state index in [4.69, 9.17) is 4.74 Å². The number of methoxy groups -OCH3 is 1. The first-order valence-corrected chi connectivity index (χ1v) is 9.18. The van der Waals surface area contributed by atoms with E-state index in [1.54, 1.807) is 17.8 Å². The van der Waals surface area contributed by atoms with Gasteiger partial charge in [-0.15, -0.1) is 0 Å². The van der Waals surface area contributed by atoms with Gasteiger partial charge >= 0.3 is 0 Å². The molecule has 5 rings (SSSR count). The minimum atomic E-state index is 0.437. The summed E-state index contributed by atoms with van der Waals surface area (Å²) in [5.74, 6) is 1.45. The maximum Gasteiger partial charge on any atom is 0.146 e. The highest BCUT2D eigenvalue weighted by molar-refractivity contribution is 5.74. The molecular weight excluding hydrogens is 342 g/mol. The molecule has 0 aliphatic carbocycles. The van der Waals surface area contributed by atoms with Crippen molar-refractivity contribution in [2.75, 3.05) is 39.8 Å². The molecule has 5 heterocycles. The Kier molecular flexibility index (Phi) is 3.85. The quantitative estimate of drug-likeness (QED) is 0.732. The van der Waals surface area contributed by atoms with Crippen molar-refractivity contribution in [1.29, 1.82) is 5.26 Å². The van der Waals surface area contributed by atoms with E-state index < -0.39 is 0 Å². The van der Waals surface area contributed by atoms with Crippen molar-refractivity contribution < 1.29 is 4.74 Å². The van der Waals surface area contributed by atoms with Gasteiger partial charge in [0.25, 0.3) is 0 Å². The molecule has 2 fully saturated rings. The smallest absolute Gasteiger partial charge is 0.146 e. The SMILES string of the molecule is COc1cc(-c2cnn(C3CN(CC4CNC4)C3)c2)cn2ncc(C#N)c12. The normalized spacial score (nSPS) is 18.2. The van der Waals surface area contributed by atoms with Gasteiger partial charge < -0.3 is 10.1 Å². The van der Waals surface area contributed by atoms with Gasteiger partial charge in [0.15, 0.2) is 0 Å². The van der Waals surface area contributed by atoms with Gasteiger partial charge in [-0.3, -0.25) is 9.58 Å². The summed E-state index contributed by atoms with van der Waals surface area (Å²) < 4.78 is 9.25. The number of nitrogens with zero attached hydrogens (tertiary/aromatic N) is 6. The summed E-state index contributed by atoms with van der Waals surface area (Å²) in [6.45, 7) is 5.61. The second-order valence-electron chi connectivity index (χ2n) is 7.37. The van der Waals surface area contributed by atoms with Crippen LogP contribution in [0.1, 0.15) is 11.6 Å². The molecule has 0 aromatic carbocycles. The number of hydrogen-bond donors (Lipinski definition) is 1. The maximum absolute atomic E-state index is 9.24. The summed E-state index contributed by atoms with van der Waals surface area (Å²) in [5.41, 5.74) is 3.18. The van der Waals surface area contributed by atoms with Crippen LogP contribution in [0.4, 0.5) is 0 Å². The van der Waals surface area contributed by atoms with Crippen molar-refractivity contribution in [3.05, 3.63) is 36.4 Å². The molecular formula is C19H21N7O. The Morgan fingerprint density at radius 2 is 2.07 bits per heavy atom. The van der Waals surface area contributed by atoms with Crippen molar-refractivity contribution in [3.8, 4) is 22.9 Å². The van der Waals surface area contributed by atoms with Crippen LogP contribution in [0.5, 0.6) is 5.75 Å². The van der Waals surface area contributed by atoms with Crippen LogP contribution in [0.3, 0.4) is 0 Å². The fourth-order valence-electron chi connectivity index (χ4n) is 3.87. The molecule has 8 heteroatoms. The summed E-state index contributed by atoms with van der Waals surface area (Å²) in [5, 5.41) is 21.4. The summed E-state index contributed by atoms with van der Waals surface area (Å²) >= 11 is 0. The second-order valence-corrected chi connectivity index (χ2v) is 7.37. The van der Waals surface area contributed by atoms with Crippen molar-refractivity contribution in [1.82, 2.24) is 29.6 Å². The van der Waals surface area contributed by atoms with E-state index in [0.29, 0.717) is 22.9 Å². The average Bonchev–Trinajstić information content (AvgIpc) is 3.25. The first kappa shape index (κ1) is 16.3. The number of likely N-dealkylation sites (tertiary alicyclic amines) is 1. The van der Waals surface area contributed by atoms with Crippen molar-refractivity contribution in [2.45, 2.75) is 6.04 Å². The Hall–Kier alpha value is -2.89. The lowest BCUT2D eigenvalue weighted by molar-refractivity contribution is 0.0694. The van der Waals surface area contributed by atoms with E-state index in [9.17, 15) is 5.26 Å². The highest BCUT2D eigenvalue weighted by atomic mass is 16.5. The zero-order valence-corrected chi connectivity index (χ0v) is 15.2. The molecule has 0 atom stereocenters. The number of hydrogen-bond acceptors (Lipinski definition) is 6. The number of ether oxygens (including phenoxy) is 1. The van der Waals surface area contributed by atoms with Crippen LogP contribution in [0.25, 0.3) is 16.6 Å². The summed E-state index contributed by atoms with van der Waals surface area (Å²) in [7, 11) is 1.61. The first-order chi connectivity index (χ1) is 13.2. The number of rotatable bonds is 5. The fourth-order valence-corrected chi connectivity index (χ4v) is 3.87. The van der Waals surface area contributed by atoms with Crippen LogP contribution in [0.2, 0.25) is 0 Å². The van der Waals surface area contributed by atoms with Gasteiger partial charge in [-0.1, -0.05) is 0 Å². The van der Waals surface area contributed by atoms with Crippen LogP contribution in [0, 0.1) is 17.2 Å². The van der Waals surface area contributed by atoms with Crippen LogP contribution in [-0.4, -0.2) is 64.1 Å². The molecule has 27 heavy (non-hydrogen) atoms. The Morgan fingerprint density at radius 1 is 1.22 bits per heavy atom. The van der Waals surface area contributed by atoms with Crippen LogP contribution >= 0.6 is 0 Å². The molecule has 8 nitrogen and oxygen atoms in total. The minimum absolute atomic E-state index is 0.437. The lowest BCUT2D eigenvalue weighted by atomic mass is 9.99. The van der Waals surface area contributed by atoms with E-state index in [2.05, 4.69) is 37.4 Å². The molecule has 0 saturated carbocycles. The molecule has 1 N–H and O–H groups in total. The van der Waals surface area contributed by atoms with Crippen molar-refractivity contribution in [3.63, 3.8) is 0 Å². The number of nitriles is 1. The van der Waals surface area contributed by atoms with Crippen molar-refractivity contribution >= 4 is 5.52 Å². The van der Waals surface area contributed by atoms with Crippen LogP contribution in [-0.2, 0) is 0 Å². The standard InChI is InChI=1S/C19H21N7O/c1-27-18-2-14(9-26-19(18)15(3-20)6-23-26)16-7-22-25(10-16)17-11-24(12-17)8-13-4-21-5-13/h2,6-7,9-10,13,17,21H,4-5,8,11-12H2,1H3. The Balaban J connectivity index is 1.36. The molecule has 2 aliphatic heterocycles. The van der Waals surface area contributed by atoms with Gasteiger partial charge in [-0.25, -0.2) is 4.52 Å². The molecule has 2 aliphatic rings. The monoisotopic (exact) mass is 363 g/mol. The predicted octanol–water partition coefficient (Wildman–Crippen LogP) is 1.15. The molecule has 0 radical (unpaired) electrons. The lowest BCUT2D eigenvalue weighted by Gasteiger charge is -2.43.